The molecule has 48 heavy (non-hydrogen) atoms. The Bertz CT molecular complexity index is 1860. The van der Waals surface area contributed by atoms with E-state index in [0.717, 1.165) is 27.5 Å². The van der Waals surface area contributed by atoms with Gasteiger partial charge in [-0.2, -0.15) is 0 Å². The maximum Gasteiger partial charge on any atom is 0.326 e. The molecule has 0 aromatic heterocycles. The molecule has 5 rings (SSSR count). The lowest BCUT2D eigenvalue weighted by Crippen LogP contribution is -2.57. The summed E-state index contributed by atoms with van der Waals surface area (Å²) >= 11 is 0. The van der Waals surface area contributed by atoms with E-state index in [-0.39, 0.29) is 37.3 Å². The van der Waals surface area contributed by atoms with Gasteiger partial charge in [-0.25, -0.2) is 4.79 Å². The summed E-state index contributed by atoms with van der Waals surface area (Å²) in [6, 6.07) is 34.5. The van der Waals surface area contributed by atoms with E-state index >= 15 is 0 Å². The number of amides is 3. The van der Waals surface area contributed by atoms with Crippen molar-refractivity contribution >= 4 is 34.5 Å². The molecule has 0 saturated carbocycles. The van der Waals surface area contributed by atoms with Crippen molar-refractivity contribution in [1.82, 2.24) is 16.0 Å². The maximum absolute atomic E-state index is 13.9. The summed E-state index contributed by atoms with van der Waals surface area (Å²) < 4.78 is 0. The van der Waals surface area contributed by atoms with E-state index in [9.17, 15) is 29.4 Å². The summed E-state index contributed by atoms with van der Waals surface area (Å²) in [5.74, 6) is -2.82. The average Bonchev–Trinajstić information content (AvgIpc) is 3.09. The van der Waals surface area contributed by atoms with E-state index in [0.29, 0.717) is 5.56 Å². The van der Waals surface area contributed by atoms with Crippen LogP contribution in [-0.4, -0.2) is 52.0 Å². The molecule has 3 amide bonds. The number of carbonyl (C=O) groups excluding carboxylic acids is 3. The molecule has 0 spiro atoms. The van der Waals surface area contributed by atoms with Gasteiger partial charge in [0.15, 0.2) is 0 Å². The topological polar surface area (TPSA) is 145 Å². The molecular weight excluding hydrogens is 606 g/mol. The zero-order valence-electron chi connectivity index (χ0n) is 26.2. The van der Waals surface area contributed by atoms with E-state index in [2.05, 4.69) is 16.0 Å². The van der Waals surface area contributed by atoms with Crippen LogP contribution < -0.4 is 16.0 Å². The molecule has 0 heterocycles. The van der Waals surface area contributed by atoms with Crippen LogP contribution >= 0.6 is 0 Å². The predicted octanol–water partition coefficient (Wildman–Crippen LogP) is 4.36. The van der Waals surface area contributed by atoms with Gasteiger partial charge in [0.05, 0.1) is 6.42 Å². The number of rotatable bonds is 14. The van der Waals surface area contributed by atoms with Crippen molar-refractivity contribution < 1.29 is 29.4 Å². The van der Waals surface area contributed by atoms with Crippen LogP contribution in [0.2, 0.25) is 0 Å². The van der Waals surface area contributed by atoms with Gasteiger partial charge in [-0.15, -0.1) is 0 Å². The number of aliphatic carboxylic acids is 1. The van der Waals surface area contributed by atoms with Gasteiger partial charge in [0, 0.05) is 19.3 Å². The van der Waals surface area contributed by atoms with Gasteiger partial charge in [-0.3, -0.25) is 14.4 Å². The Hall–Kier alpha value is -5.96. The molecule has 3 atom stereocenters. The highest BCUT2D eigenvalue weighted by Crippen LogP contribution is 2.17. The Labute approximate surface area is 278 Å². The van der Waals surface area contributed by atoms with Crippen molar-refractivity contribution in [2.75, 3.05) is 0 Å². The molecule has 244 valence electrons. The molecule has 5 aromatic rings. The number of phenols is 1. The van der Waals surface area contributed by atoms with E-state index in [1.165, 1.54) is 12.1 Å². The van der Waals surface area contributed by atoms with Crippen molar-refractivity contribution in [3.8, 4) is 5.75 Å². The number of phenolic OH excluding ortho intramolecular Hbond substituents is 1. The van der Waals surface area contributed by atoms with Gasteiger partial charge in [0.1, 0.15) is 23.9 Å². The van der Waals surface area contributed by atoms with Crippen LogP contribution in [0, 0.1) is 0 Å². The minimum absolute atomic E-state index is 0.0329. The molecule has 5 aromatic carbocycles. The Morgan fingerprint density at radius 3 is 1.54 bits per heavy atom. The second kappa shape index (κ2) is 16.0. The Balaban J connectivity index is 1.34. The minimum Gasteiger partial charge on any atom is -0.508 e. The number of fused-ring (bicyclic) bond motifs is 1. The minimum atomic E-state index is -1.29. The van der Waals surface area contributed by atoms with E-state index in [1.54, 1.807) is 12.1 Å². The third-order valence-electron chi connectivity index (χ3n) is 8.02. The first kappa shape index (κ1) is 33.4. The molecule has 9 nitrogen and oxygen atoms in total. The van der Waals surface area contributed by atoms with Gasteiger partial charge in [-0.05, 0) is 45.2 Å². The summed E-state index contributed by atoms with van der Waals surface area (Å²) in [7, 11) is 0. The van der Waals surface area contributed by atoms with Crippen molar-refractivity contribution in [3.05, 3.63) is 150 Å². The predicted molar refractivity (Wildman–Crippen MR) is 183 cm³/mol. The summed E-state index contributed by atoms with van der Waals surface area (Å²) in [4.78, 5) is 53.1. The van der Waals surface area contributed by atoms with E-state index in [4.69, 9.17) is 0 Å². The second-order valence-corrected chi connectivity index (χ2v) is 11.7. The molecule has 0 radical (unpaired) electrons. The fraction of sp³-hybridized carbons (Fsp3) is 0.179. The zero-order chi connectivity index (χ0) is 33.9. The van der Waals surface area contributed by atoms with Crippen LogP contribution in [0.1, 0.15) is 22.3 Å². The van der Waals surface area contributed by atoms with Crippen LogP contribution in [0.5, 0.6) is 5.75 Å². The maximum atomic E-state index is 13.9. The number of carboxylic acid groups (broad SMARTS) is 1. The highest BCUT2D eigenvalue weighted by Gasteiger charge is 2.30. The molecule has 0 aliphatic rings. The van der Waals surface area contributed by atoms with Gasteiger partial charge in [0.25, 0.3) is 0 Å². The lowest BCUT2D eigenvalue weighted by atomic mass is 10.0. The number of nitrogens with one attached hydrogen (secondary N) is 3. The molecule has 0 bridgehead atoms. The second-order valence-electron chi connectivity index (χ2n) is 11.7. The number of carbonyl (C=O) groups is 4. The van der Waals surface area contributed by atoms with Gasteiger partial charge in [0.2, 0.25) is 17.7 Å². The highest BCUT2D eigenvalue weighted by atomic mass is 16.4. The average molecular weight is 644 g/mol. The number of aromatic hydroxyl groups is 1. The van der Waals surface area contributed by atoms with Crippen LogP contribution in [0.4, 0.5) is 0 Å². The highest BCUT2D eigenvalue weighted by molar-refractivity contribution is 5.94. The van der Waals surface area contributed by atoms with Gasteiger partial charge < -0.3 is 26.2 Å². The Morgan fingerprint density at radius 1 is 0.500 bits per heavy atom. The molecule has 0 fully saturated rings. The quantitative estimate of drug-likeness (QED) is 0.122. The molecule has 0 unspecified atom stereocenters. The summed E-state index contributed by atoms with van der Waals surface area (Å²) in [5, 5.41) is 29.8. The molecule has 9 heteroatoms. The number of hydrogen-bond acceptors (Lipinski definition) is 5. The van der Waals surface area contributed by atoms with Gasteiger partial charge >= 0.3 is 5.97 Å². The number of carboxylic acids is 1. The third kappa shape index (κ3) is 9.53. The Kier molecular flexibility index (Phi) is 11.2. The lowest BCUT2D eigenvalue weighted by Gasteiger charge is -2.25. The fourth-order valence-corrected chi connectivity index (χ4v) is 5.51. The van der Waals surface area contributed by atoms with Crippen molar-refractivity contribution in [2.24, 2.45) is 0 Å². The van der Waals surface area contributed by atoms with Crippen LogP contribution in [-0.2, 0) is 44.9 Å². The summed E-state index contributed by atoms with van der Waals surface area (Å²) in [5.41, 5.74) is 2.96. The Morgan fingerprint density at radius 2 is 0.958 bits per heavy atom. The van der Waals surface area contributed by atoms with Crippen molar-refractivity contribution in [2.45, 2.75) is 43.8 Å². The van der Waals surface area contributed by atoms with E-state index < -0.39 is 35.9 Å². The summed E-state index contributed by atoms with van der Waals surface area (Å²) in [6.45, 7) is 0. The SMILES string of the molecule is O=C(Cc1ccc2ccccc2c1)N[C@H](Cc1ccccc1)C(=O)N[C@H](Cc1ccccc1)C(=O)N[C@@H](Cc1ccc(O)cc1)C(=O)O. The fourth-order valence-electron chi connectivity index (χ4n) is 5.51. The standard InChI is InChI=1S/C39H37N3O6/c43-32-19-16-28(17-20-32)24-35(39(47)48)42-38(46)34(23-27-11-5-2-6-12-27)41-37(45)33(22-26-9-3-1-4-10-26)40-36(44)25-29-15-18-30-13-7-8-14-31(30)21-29/h1-21,33-35,43H,22-25H2,(H,40,44)(H,41,45)(H,42,46)(H,47,48)/t33-,34-,35+/m1/s1. The largest absolute Gasteiger partial charge is 0.508 e. The van der Waals surface area contributed by atoms with Crippen LogP contribution in [0.15, 0.2) is 127 Å². The van der Waals surface area contributed by atoms with Crippen molar-refractivity contribution in [1.29, 1.82) is 0 Å². The molecular formula is C39H37N3O6. The van der Waals surface area contributed by atoms with Crippen LogP contribution in [0.3, 0.4) is 0 Å². The monoisotopic (exact) mass is 643 g/mol. The molecule has 0 aliphatic heterocycles. The number of benzene rings is 5. The smallest absolute Gasteiger partial charge is 0.326 e. The first-order valence-electron chi connectivity index (χ1n) is 15.7. The first-order chi connectivity index (χ1) is 23.2. The molecule has 5 N–H and O–H groups in total. The molecule has 0 saturated heterocycles. The van der Waals surface area contributed by atoms with Crippen molar-refractivity contribution in [3.63, 3.8) is 0 Å². The number of hydrogen-bond donors (Lipinski definition) is 5. The summed E-state index contributed by atoms with van der Waals surface area (Å²) in [6.07, 6.45) is 0.283. The van der Waals surface area contributed by atoms with E-state index in [1.807, 2.05) is 103 Å². The first-order valence-corrected chi connectivity index (χ1v) is 15.7. The van der Waals surface area contributed by atoms with Gasteiger partial charge in [-0.1, -0.05) is 115 Å². The van der Waals surface area contributed by atoms with Crippen LogP contribution in [0.25, 0.3) is 10.8 Å². The molecule has 0 aliphatic carbocycles. The third-order valence-corrected chi connectivity index (χ3v) is 8.02. The zero-order valence-corrected chi connectivity index (χ0v) is 26.2. The normalized spacial score (nSPS) is 12.8. The lowest BCUT2D eigenvalue weighted by molar-refractivity contribution is -0.142.